The van der Waals surface area contributed by atoms with Gasteiger partial charge in [-0.2, -0.15) is 0 Å². The standard InChI is InChI=1S/C12H12N2O3S/c1-16-11-7-10(17-14-11)12(15)13-8-3-5-9(18-2)6-4-8/h3-7H,1-2H3,(H,13,15). The third-order valence-electron chi connectivity index (χ3n) is 2.27. The van der Waals surface area contributed by atoms with Gasteiger partial charge in [0.15, 0.2) is 0 Å². The molecule has 0 saturated heterocycles. The van der Waals surface area contributed by atoms with Gasteiger partial charge in [-0.3, -0.25) is 4.79 Å². The van der Waals surface area contributed by atoms with Crippen molar-refractivity contribution in [2.24, 2.45) is 0 Å². The molecule has 0 aliphatic rings. The van der Waals surface area contributed by atoms with E-state index in [2.05, 4.69) is 10.5 Å². The number of hydrogen-bond acceptors (Lipinski definition) is 5. The fourth-order valence-corrected chi connectivity index (χ4v) is 1.74. The number of aromatic nitrogens is 1. The molecule has 2 aromatic rings. The quantitative estimate of drug-likeness (QED) is 0.860. The molecule has 94 valence electrons. The summed E-state index contributed by atoms with van der Waals surface area (Å²) in [6.07, 6.45) is 1.99. The van der Waals surface area contributed by atoms with Crippen LogP contribution < -0.4 is 10.1 Å². The lowest BCUT2D eigenvalue weighted by atomic mass is 10.3. The summed E-state index contributed by atoms with van der Waals surface area (Å²) in [5.74, 6) is 0.0291. The van der Waals surface area contributed by atoms with E-state index in [1.807, 2.05) is 30.5 Å². The number of hydrogen-bond donors (Lipinski definition) is 1. The number of nitrogens with one attached hydrogen (secondary N) is 1. The van der Waals surface area contributed by atoms with Gasteiger partial charge in [0.2, 0.25) is 5.76 Å². The van der Waals surface area contributed by atoms with Gasteiger partial charge in [0.05, 0.1) is 13.2 Å². The van der Waals surface area contributed by atoms with Crippen LogP contribution in [0.2, 0.25) is 0 Å². The highest BCUT2D eigenvalue weighted by atomic mass is 32.2. The number of nitrogens with zero attached hydrogens (tertiary/aromatic N) is 1. The van der Waals surface area contributed by atoms with Crippen LogP contribution in [-0.2, 0) is 0 Å². The molecule has 0 spiro atoms. The van der Waals surface area contributed by atoms with Crippen molar-refractivity contribution < 1.29 is 14.1 Å². The summed E-state index contributed by atoms with van der Waals surface area (Å²) >= 11 is 1.64. The molecule has 6 heteroatoms. The summed E-state index contributed by atoms with van der Waals surface area (Å²) in [6, 6.07) is 8.96. The summed E-state index contributed by atoms with van der Waals surface area (Å²) in [6.45, 7) is 0. The normalized spacial score (nSPS) is 10.1. The van der Waals surface area contributed by atoms with E-state index in [4.69, 9.17) is 9.26 Å². The third-order valence-corrected chi connectivity index (χ3v) is 3.01. The fraction of sp³-hybridized carbons (Fsp3) is 0.167. The minimum atomic E-state index is -0.359. The highest BCUT2D eigenvalue weighted by Crippen LogP contribution is 2.18. The molecule has 1 aromatic heterocycles. The zero-order chi connectivity index (χ0) is 13.0. The van der Waals surface area contributed by atoms with Crippen molar-refractivity contribution in [1.82, 2.24) is 5.16 Å². The molecule has 1 heterocycles. The minimum Gasteiger partial charge on any atom is -0.479 e. The molecular formula is C12H12N2O3S. The molecule has 0 aliphatic heterocycles. The Bertz CT molecular complexity index is 537. The van der Waals surface area contributed by atoms with Gasteiger partial charge < -0.3 is 14.6 Å². The smallest absolute Gasteiger partial charge is 0.294 e. The second-order valence-corrected chi connectivity index (χ2v) is 4.30. The summed E-state index contributed by atoms with van der Waals surface area (Å²) in [4.78, 5) is 12.9. The molecule has 0 atom stereocenters. The van der Waals surface area contributed by atoms with Crippen molar-refractivity contribution in [3.05, 3.63) is 36.1 Å². The van der Waals surface area contributed by atoms with Crippen LogP contribution in [0.5, 0.6) is 5.88 Å². The fourth-order valence-electron chi connectivity index (χ4n) is 1.33. The van der Waals surface area contributed by atoms with Gasteiger partial charge >= 0.3 is 0 Å². The molecule has 0 fully saturated rings. The first-order chi connectivity index (χ1) is 8.72. The van der Waals surface area contributed by atoms with Crippen LogP contribution in [0.25, 0.3) is 0 Å². The predicted octanol–water partition coefficient (Wildman–Crippen LogP) is 2.66. The van der Waals surface area contributed by atoms with E-state index in [9.17, 15) is 4.79 Å². The van der Waals surface area contributed by atoms with Crippen LogP contribution >= 0.6 is 11.8 Å². The maximum absolute atomic E-state index is 11.8. The number of methoxy groups -OCH3 is 1. The van der Waals surface area contributed by atoms with Crippen LogP contribution in [0.3, 0.4) is 0 Å². The molecule has 0 saturated carbocycles. The molecule has 0 unspecified atom stereocenters. The number of thioether (sulfide) groups is 1. The van der Waals surface area contributed by atoms with Crippen LogP contribution in [0.4, 0.5) is 5.69 Å². The Hall–Kier alpha value is -1.95. The molecule has 18 heavy (non-hydrogen) atoms. The molecule has 1 N–H and O–H groups in total. The molecule has 0 radical (unpaired) electrons. The average molecular weight is 264 g/mol. The van der Waals surface area contributed by atoms with Crippen molar-refractivity contribution >= 4 is 23.4 Å². The lowest BCUT2D eigenvalue weighted by molar-refractivity contribution is 0.0987. The van der Waals surface area contributed by atoms with Crippen molar-refractivity contribution in [3.63, 3.8) is 0 Å². The Kier molecular flexibility index (Phi) is 3.88. The van der Waals surface area contributed by atoms with Crippen LogP contribution in [0.1, 0.15) is 10.6 Å². The summed E-state index contributed by atoms with van der Waals surface area (Å²) in [7, 11) is 1.46. The van der Waals surface area contributed by atoms with Gasteiger partial charge in [0, 0.05) is 10.6 Å². The number of amides is 1. The van der Waals surface area contributed by atoms with E-state index < -0.39 is 0 Å². The first-order valence-corrected chi connectivity index (χ1v) is 6.41. The van der Waals surface area contributed by atoms with Crippen molar-refractivity contribution in [2.75, 3.05) is 18.7 Å². The predicted molar refractivity (Wildman–Crippen MR) is 69.2 cm³/mol. The third kappa shape index (κ3) is 2.84. The van der Waals surface area contributed by atoms with Gasteiger partial charge in [-0.25, -0.2) is 0 Å². The number of ether oxygens (including phenoxy) is 1. The van der Waals surface area contributed by atoms with E-state index in [1.54, 1.807) is 11.8 Å². The van der Waals surface area contributed by atoms with Gasteiger partial charge in [-0.05, 0) is 35.7 Å². The van der Waals surface area contributed by atoms with Crippen molar-refractivity contribution in [2.45, 2.75) is 4.90 Å². The maximum atomic E-state index is 11.8. The number of anilines is 1. The lowest BCUT2D eigenvalue weighted by Crippen LogP contribution is -2.10. The molecular weight excluding hydrogens is 252 g/mol. The Balaban J connectivity index is 2.06. The summed E-state index contributed by atoms with van der Waals surface area (Å²) in [5, 5.41) is 6.27. The van der Waals surface area contributed by atoms with Crippen molar-refractivity contribution in [1.29, 1.82) is 0 Å². The molecule has 0 bridgehead atoms. The van der Waals surface area contributed by atoms with Gasteiger partial charge in [-0.15, -0.1) is 11.8 Å². The van der Waals surface area contributed by atoms with Crippen molar-refractivity contribution in [3.8, 4) is 5.88 Å². The molecule has 1 amide bonds. The van der Waals surface area contributed by atoms with E-state index in [0.29, 0.717) is 5.69 Å². The number of carbonyl (C=O) groups excluding carboxylic acids is 1. The van der Waals surface area contributed by atoms with E-state index in [1.165, 1.54) is 13.2 Å². The Morgan fingerprint density at radius 3 is 2.67 bits per heavy atom. The minimum absolute atomic E-state index is 0.112. The molecule has 2 rings (SSSR count). The number of rotatable bonds is 4. The summed E-state index contributed by atoms with van der Waals surface area (Å²) in [5.41, 5.74) is 0.702. The van der Waals surface area contributed by atoms with Crippen LogP contribution in [0, 0.1) is 0 Å². The van der Waals surface area contributed by atoms with Crippen LogP contribution in [-0.4, -0.2) is 24.4 Å². The SMILES string of the molecule is COc1cc(C(=O)Nc2ccc(SC)cc2)on1. The van der Waals surface area contributed by atoms with Gasteiger partial charge in [-0.1, -0.05) is 0 Å². The highest BCUT2D eigenvalue weighted by Gasteiger charge is 2.13. The highest BCUT2D eigenvalue weighted by molar-refractivity contribution is 7.98. The van der Waals surface area contributed by atoms with Gasteiger partial charge in [0.25, 0.3) is 11.8 Å². The van der Waals surface area contributed by atoms with E-state index in [-0.39, 0.29) is 17.5 Å². The Morgan fingerprint density at radius 1 is 1.39 bits per heavy atom. The Morgan fingerprint density at radius 2 is 2.11 bits per heavy atom. The van der Waals surface area contributed by atoms with Gasteiger partial charge in [0.1, 0.15) is 0 Å². The van der Waals surface area contributed by atoms with E-state index >= 15 is 0 Å². The topological polar surface area (TPSA) is 64.4 Å². The molecule has 5 nitrogen and oxygen atoms in total. The zero-order valence-corrected chi connectivity index (χ0v) is 10.8. The molecule has 1 aromatic carbocycles. The average Bonchev–Trinajstić information content (AvgIpc) is 2.88. The first kappa shape index (κ1) is 12.5. The first-order valence-electron chi connectivity index (χ1n) is 5.19. The zero-order valence-electron chi connectivity index (χ0n) is 9.97. The van der Waals surface area contributed by atoms with Crippen LogP contribution in [0.15, 0.2) is 39.8 Å². The number of carbonyl (C=O) groups is 1. The number of benzene rings is 1. The largest absolute Gasteiger partial charge is 0.479 e. The summed E-state index contributed by atoms with van der Waals surface area (Å²) < 4.78 is 9.68. The maximum Gasteiger partial charge on any atom is 0.294 e. The monoisotopic (exact) mass is 264 g/mol. The molecule has 0 aliphatic carbocycles. The Labute approximate surface area is 108 Å². The second-order valence-electron chi connectivity index (χ2n) is 3.42. The van der Waals surface area contributed by atoms with E-state index in [0.717, 1.165) is 4.90 Å². The lowest BCUT2D eigenvalue weighted by Gasteiger charge is -2.03. The second kappa shape index (κ2) is 5.59.